The third-order valence-corrected chi connectivity index (χ3v) is 3.06. The van der Waals surface area contributed by atoms with E-state index in [1.165, 1.54) is 6.07 Å². The summed E-state index contributed by atoms with van der Waals surface area (Å²) in [6.45, 7) is 5.79. The summed E-state index contributed by atoms with van der Waals surface area (Å²) in [4.78, 5) is 11.0. The van der Waals surface area contributed by atoms with Crippen LogP contribution < -0.4 is 5.73 Å². The maximum atomic E-state index is 11.0. The molecule has 0 aliphatic heterocycles. The Hall–Kier alpha value is -1.07. The minimum Gasteiger partial charge on any atom is -0.507 e. The van der Waals surface area contributed by atoms with Gasteiger partial charge >= 0.3 is 5.97 Å². The van der Waals surface area contributed by atoms with Crippen LogP contribution in [0, 0.1) is 5.41 Å². The molecular weight excluding hydrogens is 286 g/mol. The van der Waals surface area contributed by atoms with Crippen LogP contribution in [0.2, 0.25) is 0 Å². The predicted molar refractivity (Wildman–Crippen MR) is 69.1 cm³/mol. The van der Waals surface area contributed by atoms with E-state index in [-0.39, 0.29) is 16.7 Å². The number of carbonyl (C=O) groups is 1. The predicted octanol–water partition coefficient (Wildman–Crippen LogP) is 2.90. The van der Waals surface area contributed by atoms with Gasteiger partial charge in [0.05, 0.1) is 0 Å². The minimum atomic E-state index is -1.17. The zero-order valence-corrected chi connectivity index (χ0v) is 11.6. The van der Waals surface area contributed by atoms with E-state index in [4.69, 9.17) is 10.8 Å². The largest absolute Gasteiger partial charge is 0.507 e. The Balaban J connectivity index is 3.40. The summed E-state index contributed by atoms with van der Waals surface area (Å²) in [7, 11) is 0. The van der Waals surface area contributed by atoms with Gasteiger partial charge in [0.2, 0.25) is 0 Å². The van der Waals surface area contributed by atoms with Gasteiger partial charge in [0.25, 0.3) is 0 Å². The van der Waals surface area contributed by atoms with Crippen LogP contribution in [0.3, 0.4) is 0 Å². The first kappa shape index (κ1) is 14.0. The molecule has 0 amide bonds. The van der Waals surface area contributed by atoms with Gasteiger partial charge < -0.3 is 15.9 Å². The molecule has 0 fully saturated rings. The number of aromatic hydroxyl groups is 1. The van der Waals surface area contributed by atoms with E-state index >= 15 is 0 Å². The number of hydrogen-bond donors (Lipinski definition) is 3. The fraction of sp³-hybridized carbons (Fsp3) is 0.417. The van der Waals surface area contributed by atoms with Crippen molar-refractivity contribution in [2.45, 2.75) is 26.8 Å². The molecule has 0 saturated heterocycles. The van der Waals surface area contributed by atoms with Gasteiger partial charge in [-0.15, -0.1) is 0 Å². The first-order valence-electron chi connectivity index (χ1n) is 5.16. The average Bonchev–Trinajstić information content (AvgIpc) is 2.18. The molecule has 94 valence electrons. The van der Waals surface area contributed by atoms with E-state index in [1.807, 2.05) is 20.8 Å². The number of nitrogens with two attached hydrogens (primary N) is 1. The third-order valence-electron chi connectivity index (χ3n) is 2.60. The summed E-state index contributed by atoms with van der Waals surface area (Å²) < 4.78 is 0.586. The molecule has 1 aromatic rings. The second-order valence-electron chi connectivity index (χ2n) is 5.04. The molecule has 17 heavy (non-hydrogen) atoms. The molecule has 5 heteroatoms. The lowest BCUT2D eigenvalue weighted by atomic mass is 9.82. The summed E-state index contributed by atoms with van der Waals surface area (Å²) in [5, 5.41) is 18.9. The Morgan fingerprint density at radius 3 is 2.35 bits per heavy atom. The highest BCUT2D eigenvalue weighted by Crippen LogP contribution is 2.38. The van der Waals surface area contributed by atoms with Crippen LogP contribution >= 0.6 is 15.9 Å². The number of carboxylic acid groups (broad SMARTS) is 1. The van der Waals surface area contributed by atoms with Gasteiger partial charge in [0, 0.05) is 16.1 Å². The summed E-state index contributed by atoms with van der Waals surface area (Å²) in [6, 6.07) is 2.56. The number of benzene rings is 1. The Kier molecular flexibility index (Phi) is 3.84. The van der Waals surface area contributed by atoms with Crippen LogP contribution in [0.15, 0.2) is 16.6 Å². The topological polar surface area (TPSA) is 83.6 Å². The molecule has 0 spiro atoms. The molecule has 1 atom stereocenters. The van der Waals surface area contributed by atoms with E-state index in [2.05, 4.69) is 15.9 Å². The second-order valence-corrected chi connectivity index (χ2v) is 5.96. The summed E-state index contributed by atoms with van der Waals surface area (Å²) >= 11 is 3.22. The van der Waals surface area contributed by atoms with Crippen LogP contribution in [-0.2, 0) is 0 Å². The van der Waals surface area contributed by atoms with Gasteiger partial charge in [0.1, 0.15) is 11.3 Å². The summed E-state index contributed by atoms with van der Waals surface area (Å²) in [6.07, 6.45) is 0. The minimum absolute atomic E-state index is 0.144. The first-order chi connectivity index (χ1) is 7.64. The van der Waals surface area contributed by atoms with Crippen LogP contribution in [0.25, 0.3) is 0 Å². The molecule has 0 heterocycles. The quantitative estimate of drug-likeness (QED) is 0.784. The van der Waals surface area contributed by atoms with E-state index in [0.717, 1.165) is 0 Å². The second kappa shape index (κ2) is 4.66. The molecule has 0 bridgehead atoms. The van der Waals surface area contributed by atoms with Gasteiger partial charge in [0.15, 0.2) is 0 Å². The fourth-order valence-electron chi connectivity index (χ4n) is 1.49. The maximum absolute atomic E-state index is 11.0. The van der Waals surface area contributed by atoms with Crippen molar-refractivity contribution in [2.24, 2.45) is 11.1 Å². The van der Waals surface area contributed by atoms with Crippen molar-refractivity contribution < 1.29 is 15.0 Å². The summed E-state index contributed by atoms with van der Waals surface area (Å²) in [5.41, 5.74) is 6.06. The molecule has 0 saturated carbocycles. The lowest BCUT2D eigenvalue weighted by Gasteiger charge is -2.28. The van der Waals surface area contributed by atoms with Crippen molar-refractivity contribution in [2.75, 3.05) is 0 Å². The normalized spacial score (nSPS) is 13.5. The third kappa shape index (κ3) is 2.98. The van der Waals surface area contributed by atoms with Crippen molar-refractivity contribution in [1.82, 2.24) is 0 Å². The van der Waals surface area contributed by atoms with Crippen molar-refractivity contribution in [3.63, 3.8) is 0 Å². The molecule has 0 radical (unpaired) electrons. The van der Waals surface area contributed by atoms with Gasteiger partial charge in [-0.2, -0.15) is 0 Å². The molecule has 0 aliphatic rings. The van der Waals surface area contributed by atoms with Gasteiger partial charge in [-0.3, -0.25) is 0 Å². The Labute approximate surface area is 109 Å². The van der Waals surface area contributed by atoms with Crippen molar-refractivity contribution in [3.05, 3.63) is 27.7 Å². The van der Waals surface area contributed by atoms with E-state index < -0.39 is 12.0 Å². The highest BCUT2D eigenvalue weighted by atomic mass is 79.9. The highest BCUT2D eigenvalue weighted by Gasteiger charge is 2.27. The smallest absolute Gasteiger partial charge is 0.339 e. The molecule has 4 N–H and O–H groups in total. The van der Waals surface area contributed by atoms with Crippen LogP contribution in [0.1, 0.15) is 42.7 Å². The lowest BCUT2D eigenvalue weighted by molar-refractivity contribution is 0.0693. The van der Waals surface area contributed by atoms with Gasteiger partial charge in [-0.05, 0) is 17.5 Å². The van der Waals surface area contributed by atoms with Crippen LogP contribution in [0.5, 0.6) is 5.75 Å². The molecule has 1 aromatic carbocycles. The van der Waals surface area contributed by atoms with Gasteiger partial charge in [-0.1, -0.05) is 36.7 Å². The number of hydrogen-bond acceptors (Lipinski definition) is 3. The molecular formula is C12H16BrNO3. The van der Waals surface area contributed by atoms with E-state index in [9.17, 15) is 9.90 Å². The Bertz CT molecular complexity index is 452. The lowest BCUT2D eigenvalue weighted by Crippen LogP contribution is -2.26. The zero-order chi connectivity index (χ0) is 13.4. The zero-order valence-electron chi connectivity index (χ0n) is 9.99. The molecule has 0 aromatic heterocycles. The van der Waals surface area contributed by atoms with Crippen LogP contribution in [-0.4, -0.2) is 16.2 Å². The van der Waals surface area contributed by atoms with Crippen molar-refractivity contribution in [3.8, 4) is 5.75 Å². The van der Waals surface area contributed by atoms with E-state index in [0.29, 0.717) is 10.0 Å². The molecule has 1 rings (SSSR count). The Morgan fingerprint density at radius 1 is 1.41 bits per heavy atom. The monoisotopic (exact) mass is 301 g/mol. The number of halogens is 1. The number of carboxylic acids is 1. The van der Waals surface area contributed by atoms with Crippen LogP contribution in [0.4, 0.5) is 0 Å². The number of rotatable bonds is 2. The summed E-state index contributed by atoms with van der Waals surface area (Å²) in [5.74, 6) is -1.44. The van der Waals surface area contributed by atoms with Crippen molar-refractivity contribution in [1.29, 1.82) is 0 Å². The highest BCUT2D eigenvalue weighted by molar-refractivity contribution is 9.10. The van der Waals surface area contributed by atoms with E-state index in [1.54, 1.807) is 6.07 Å². The van der Waals surface area contributed by atoms with Gasteiger partial charge in [-0.25, -0.2) is 4.79 Å². The SMILES string of the molecule is CC(C)(C)[C@H](N)c1cc(Br)cc(C(=O)O)c1O. The Morgan fingerprint density at radius 2 is 1.94 bits per heavy atom. The molecule has 0 unspecified atom stereocenters. The number of aromatic carboxylic acids is 1. The standard InChI is InChI=1S/C12H16BrNO3/c1-12(2,3)10(14)7-4-6(13)5-8(9(7)15)11(16)17/h4-5,10,15H,14H2,1-3H3,(H,16,17)/t10-/m1/s1. The van der Waals surface area contributed by atoms with Crippen molar-refractivity contribution >= 4 is 21.9 Å². The average molecular weight is 302 g/mol. The number of phenols is 1. The fourth-order valence-corrected chi connectivity index (χ4v) is 1.96. The molecule has 4 nitrogen and oxygen atoms in total. The first-order valence-corrected chi connectivity index (χ1v) is 5.95. The molecule has 0 aliphatic carbocycles. The maximum Gasteiger partial charge on any atom is 0.339 e.